The van der Waals surface area contributed by atoms with Crippen LogP contribution in [0, 0.1) is 11.3 Å². The Hall–Kier alpha value is -1.52. The molecule has 1 fully saturated rings. The van der Waals surface area contributed by atoms with Gasteiger partial charge in [0.1, 0.15) is 17.1 Å². The number of nitrogens with one attached hydrogen (secondary N) is 1. The van der Waals surface area contributed by atoms with Crippen LogP contribution in [-0.4, -0.2) is 53.2 Å². The van der Waals surface area contributed by atoms with Crippen LogP contribution in [0.1, 0.15) is 18.9 Å². The Bertz CT molecular complexity index is 850. The van der Waals surface area contributed by atoms with E-state index < -0.39 is 0 Å². The summed E-state index contributed by atoms with van der Waals surface area (Å²) in [6.07, 6.45) is 4.13. The number of aromatic nitrogens is 3. The van der Waals surface area contributed by atoms with Crippen LogP contribution in [0.25, 0.3) is 16.7 Å². The minimum atomic E-state index is -0.0603. The number of methoxy groups -OCH3 is 1. The maximum atomic E-state index is 10.3. The largest absolute Gasteiger partial charge is 1.00 e. The molecule has 142 valence electrons. The molecule has 0 saturated carbocycles. The first-order valence-corrected chi connectivity index (χ1v) is 8.74. The van der Waals surface area contributed by atoms with Gasteiger partial charge in [-0.25, -0.2) is 4.98 Å². The molecule has 3 heterocycles. The second kappa shape index (κ2) is 10.3. The van der Waals surface area contributed by atoms with Gasteiger partial charge in [0, 0.05) is 30.7 Å². The Kier molecular flexibility index (Phi) is 8.38. The standard InChI is InChI=1S/C19H23N6O2.K/c1-12-6-7-25(11-12)17-5-4-15(23-24-17)19-16(26)8-13(10-22-19)14(20)9-18(21-2)27-3;/h4-5,8-10,12H,6-7,11H2,1-3H3,(H2-,20,21,23,26);/q-1;+1/t12-;/m1./s1. The van der Waals surface area contributed by atoms with E-state index in [-0.39, 0.29) is 62.8 Å². The number of aromatic hydroxyl groups is 1. The SMILES string of the molecule is C[N-]/C(=C\C(=N)c1cnc(-c2ccc(N3CC[C@@H](C)C3)nn2)c(O)c1)OC.[K+]. The van der Waals surface area contributed by atoms with Gasteiger partial charge in [-0.15, -0.1) is 17.2 Å². The summed E-state index contributed by atoms with van der Waals surface area (Å²) in [5.74, 6) is 1.76. The molecule has 2 N–H and O–H groups in total. The van der Waals surface area contributed by atoms with Crippen LogP contribution in [0.2, 0.25) is 0 Å². The Labute approximate surface area is 207 Å². The summed E-state index contributed by atoms with van der Waals surface area (Å²) in [4.78, 5) is 6.47. The van der Waals surface area contributed by atoms with Crippen molar-refractivity contribution < 1.29 is 61.2 Å². The topological polar surface area (TPSA) is 109 Å². The molecule has 0 amide bonds. The quantitative estimate of drug-likeness (QED) is 0.396. The molecule has 9 heteroatoms. The van der Waals surface area contributed by atoms with Crippen LogP contribution in [0.15, 0.2) is 36.4 Å². The van der Waals surface area contributed by atoms with Gasteiger partial charge in [0.15, 0.2) is 5.82 Å². The molecule has 0 bridgehead atoms. The molecule has 1 aliphatic rings. The second-order valence-corrected chi connectivity index (χ2v) is 6.53. The maximum Gasteiger partial charge on any atom is 1.00 e. The van der Waals surface area contributed by atoms with E-state index in [0.717, 1.165) is 25.3 Å². The molecule has 1 aliphatic heterocycles. The molecule has 0 aliphatic carbocycles. The molecule has 3 rings (SSSR count). The fourth-order valence-corrected chi connectivity index (χ4v) is 2.98. The number of rotatable bonds is 6. The van der Waals surface area contributed by atoms with E-state index >= 15 is 0 Å². The number of anilines is 1. The number of nitrogens with zero attached hydrogens (tertiary/aromatic N) is 5. The predicted molar refractivity (Wildman–Crippen MR) is 104 cm³/mol. The third kappa shape index (κ3) is 5.29. The first-order chi connectivity index (χ1) is 13.0. The Morgan fingerprint density at radius 3 is 2.71 bits per heavy atom. The second-order valence-electron chi connectivity index (χ2n) is 6.53. The fraction of sp³-hybridized carbons (Fsp3) is 0.368. The van der Waals surface area contributed by atoms with Gasteiger partial charge in [-0.1, -0.05) is 6.92 Å². The summed E-state index contributed by atoms with van der Waals surface area (Å²) in [5, 5.41) is 30.8. The summed E-state index contributed by atoms with van der Waals surface area (Å²) in [6, 6.07) is 5.17. The van der Waals surface area contributed by atoms with Crippen LogP contribution in [0.4, 0.5) is 5.82 Å². The minimum absolute atomic E-state index is 0. The third-order valence-electron chi connectivity index (χ3n) is 4.52. The van der Waals surface area contributed by atoms with Crippen molar-refractivity contribution in [1.29, 1.82) is 5.41 Å². The molecule has 0 spiro atoms. The van der Waals surface area contributed by atoms with Crippen molar-refractivity contribution >= 4 is 11.5 Å². The Balaban J connectivity index is 0.00000280. The van der Waals surface area contributed by atoms with Crippen LogP contribution in [0.3, 0.4) is 0 Å². The molecule has 2 aromatic rings. The fourth-order valence-electron chi connectivity index (χ4n) is 2.98. The van der Waals surface area contributed by atoms with Crippen LogP contribution >= 0.6 is 0 Å². The number of allylic oxidation sites excluding steroid dienone is 1. The monoisotopic (exact) mass is 406 g/mol. The van der Waals surface area contributed by atoms with E-state index in [4.69, 9.17) is 10.1 Å². The van der Waals surface area contributed by atoms with Gasteiger partial charge in [0.2, 0.25) is 0 Å². The van der Waals surface area contributed by atoms with E-state index in [2.05, 4.69) is 32.3 Å². The minimum Gasteiger partial charge on any atom is -0.656 e. The van der Waals surface area contributed by atoms with Crippen molar-refractivity contribution in [3.05, 3.63) is 47.2 Å². The van der Waals surface area contributed by atoms with Crippen LogP contribution in [-0.2, 0) is 4.74 Å². The Morgan fingerprint density at radius 2 is 2.18 bits per heavy atom. The zero-order valence-electron chi connectivity index (χ0n) is 16.7. The van der Waals surface area contributed by atoms with Crippen molar-refractivity contribution in [2.75, 3.05) is 32.1 Å². The first-order valence-electron chi connectivity index (χ1n) is 8.74. The van der Waals surface area contributed by atoms with Crippen molar-refractivity contribution in [2.24, 2.45) is 5.92 Å². The van der Waals surface area contributed by atoms with Gasteiger partial charge in [-0.05, 0) is 36.6 Å². The molecule has 8 nitrogen and oxygen atoms in total. The molecule has 1 saturated heterocycles. The van der Waals surface area contributed by atoms with E-state index in [1.165, 1.54) is 25.4 Å². The number of hydrogen-bond acceptors (Lipinski definition) is 7. The summed E-state index contributed by atoms with van der Waals surface area (Å²) in [7, 11) is 3.06. The average Bonchev–Trinajstić information content (AvgIpc) is 3.12. The molecular weight excluding hydrogens is 383 g/mol. The molecule has 0 unspecified atom stereocenters. The molecule has 28 heavy (non-hydrogen) atoms. The van der Waals surface area contributed by atoms with Crippen molar-refractivity contribution in [3.8, 4) is 17.1 Å². The van der Waals surface area contributed by atoms with Gasteiger partial charge in [-0.2, -0.15) is 0 Å². The van der Waals surface area contributed by atoms with Gasteiger partial charge >= 0.3 is 51.4 Å². The summed E-state index contributed by atoms with van der Waals surface area (Å²) >= 11 is 0. The molecule has 0 aromatic carbocycles. The van der Waals surface area contributed by atoms with Gasteiger partial charge < -0.3 is 25.5 Å². The van der Waals surface area contributed by atoms with E-state index in [9.17, 15) is 5.11 Å². The van der Waals surface area contributed by atoms with Crippen molar-refractivity contribution in [1.82, 2.24) is 15.2 Å². The third-order valence-corrected chi connectivity index (χ3v) is 4.52. The van der Waals surface area contributed by atoms with Gasteiger partial charge in [0.25, 0.3) is 0 Å². The van der Waals surface area contributed by atoms with E-state index in [1.807, 2.05) is 6.07 Å². The van der Waals surface area contributed by atoms with Crippen LogP contribution in [0.5, 0.6) is 5.75 Å². The van der Waals surface area contributed by atoms with Crippen molar-refractivity contribution in [3.63, 3.8) is 0 Å². The predicted octanol–water partition coefficient (Wildman–Crippen LogP) is -0.0464. The van der Waals surface area contributed by atoms with Crippen LogP contribution < -0.4 is 56.3 Å². The molecule has 0 radical (unpaired) electrons. The normalized spacial score (nSPS) is 16.5. The summed E-state index contributed by atoms with van der Waals surface area (Å²) < 4.78 is 5.02. The smallest absolute Gasteiger partial charge is 0.656 e. The number of pyridine rings is 1. The summed E-state index contributed by atoms with van der Waals surface area (Å²) in [5.41, 5.74) is 1.40. The van der Waals surface area contributed by atoms with Crippen molar-refractivity contribution in [2.45, 2.75) is 13.3 Å². The average molecular weight is 407 g/mol. The molecular formula is C19H23KN6O2. The molecule has 2 aromatic heterocycles. The zero-order valence-corrected chi connectivity index (χ0v) is 19.8. The molecule has 1 atom stereocenters. The van der Waals surface area contributed by atoms with E-state index in [0.29, 0.717) is 28.8 Å². The van der Waals surface area contributed by atoms with Gasteiger partial charge in [-0.3, -0.25) is 0 Å². The van der Waals surface area contributed by atoms with Gasteiger partial charge in [0.05, 0.1) is 12.8 Å². The van der Waals surface area contributed by atoms with E-state index in [1.54, 1.807) is 13.1 Å². The summed E-state index contributed by atoms with van der Waals surface area (Å²) in [6.45, 7) is 4.19. The maximum absolute atomic E-state index is 10.3. The zero-order chi connectivity index (χ0) is 19.4. The number of ether oxygens (including phenoxy) is 1. The Morgan fingerprint density at radius 1 is 1.39 bits per heavy atom. The first kappa shape index (κ1) is 22.8. The number of hydrogen-bond donors (Lipinski definition) is 2.